The molecule has 1 aliphatic rings. The fourth-order valence-electron chi connectivity index (χ4n) is 3.89. The molecule has 146 valence electrons. The van der Waals surface area contributed by atoms with Crippen molar-refractivity contribution >= 4 is 33.3 Å². The van der Waals surface area contributed by atoms with Gasteiger partial charge in [-0.15, -0.1) is 11.3 Å². The monoisotopic (exact) mass is 393 g/mol. The lowest BCUT2D eigenvalue weighted by atomic mass is 9.87. The van der Waals surface area contributed by atoms with Crippen molar-refractivity contribution in [3.8, 4) is 10.6 Å². The van der Waals surface area contributed by atoms with E-state index in [4.69, 9.17) is 4.98 Å². The standard InChI is InChI=1S/C23H27N3OS/c1-16-7-12-20-21(15-16)28-22(26-20)18-8-10-19(11-9-18)25-23(27)24-14-13-17-5-3-2-4-6-17/h7-12,15,17H,2-6,13-14H2,1H3,(H2,24,25,27). The van der Waals surface area contributed by atoms with Gasteiger partial charge in [-0.1, -0.05) is 38.2 Å². The molecule has 2 amide bonds. The van der Waals surface area contributed by atoms with Gasteiger partial charge in [0.25, 0.3) is 0 Å². The van der Waals surface area contributed by atoms with Crippen LogP contribution in [0.1, 0.15) is 44.1 Å². The van der Waals surface area contributed by atoms with Crippen LogP contribution in [-0.4, -0.2) is 17.6 Å². The van der Waals surface area contributed by atoms with E-state index in [0.29, 0.717) is 0 Å². The van der Waals surface area contributed by atoms with Gasteiger partial charge in [-0.3, -0.25) is 0 Å². The van der Waals surface area contributed by atoms with Gasteiger partial charge in [-0.2, -0.15) is 0 Å². The third kappa shape index (κ3) is 4.71. The first-order valence-corrected chi connectivity index (χ1v) is 11.0. The fraction of sp³-hybridized carbons (Fsp3) is 0.391. The van der Waals surface area contributed by atoms with Gasteiger partial charge in [0.15, 0.2) is 0 Å². The van der Waals surface area contributed by atoms with Gasteiger partial charge in [0.05, 0.1) is 10.2 Å². The van der Waals surface area contributed by atoms with Crippen LogP contribution in [0.15, 0.2) is 42.5 Å². The second-order valence-corrected chi connectivity index (χ2v) is 8.77. The van der Waals surface area contributed by atoms with Gasteiger partial charge in [-0.25, -0.2) is 9.78 Å². The number of aromatic nitrogens is 1. The highest BCUT2D eigenvalue weighted by molar-refractivity contribution is 7.21. The molecule has 2 N–H and O–H groups in total. The highest BCUT2D eigenvalue weighted by Crippen LogP contribution is 2.31. The van der Waals surface area contributed by atoms with Crippen LogP contribution in [0, 0.1) is 12.8 Å². The number of hydrogen-bond acceptors (Lipinski definition) is 3. The summed E-state index contributed by atoms with van der Waals surface area (Å²) in [6, 6.07) is 14.1. The summed E-state index contributed by atoms with van der Waals surface area (Å²) in [5.41, 5.74) is 4.15. The number of urea groups is 1. The predicted molar refractivity (Wildman–Crippen MR) is 118 cm³/mol. The van der Waals surface area contributed by atoms with Gasteiger partial charge >= 0.3 is 6.03 Å². The molecule has 0 spiro atoms. The smallest absolute Gasteiger partial charge is 0.319 e. The number of hydrogen-bond donors (Lipinski definition) is 2. The van der Waals surface area contributed by atoms with Crippen LogP contribution in [0.25, 0.3) is 20.8 Å². The molecule has 1 saturated carbocycles. The van der Waals surface area contributed by atoms with Crippen LogP contribution in [0.5, 0.6) is 0 Å². The topological polar surface area (TPSA) is 54.0 Å². The Morgan fingerprint density at radius 1 is 1.11 bits per heavy atom. The third-order valence-corrected chi connectivity index (χ3v) is 6.56. The van der Waals surface area contributed by atoms with Gasteiger partial charge in [0.1, 0.15) is 5.01 Å². The van der Waals surface area contributed by atoms with Crippen molar-refractivity contribution in [1.29, 1.82) is 0 Å². The second-order valence-electron chi connectivity index (χ2n) is 7.74. The van der Waals surface area contributed by atoms with Crippen LogP contribution in [0.4, 0.5) is 10.5 Å². The fourth-order valence-corrected chi connectivity index (χ4v) is 4.96. The Labute approximate surface area is 170 Å². The van der Waals surface area contributed by atoms with Gasteiger partial charge < -0.3 is 10.6 Å². The lowest BCUT2D eigenvalue weighted by molar-refractivity contribution is 0.250. The van der Waals surface area contributed by atoms with Crippen molar-refractivity contribution < 1.29 is 4.79 Å². The molecule has 4 rings (SSSR count). The molecule has 4 nitrogen and oxygen atoms in total. The summed E-state index contributed by atoms with van der Waals surface area (Å²) in [6.07, 6.45) is 7.78. The molecule has 0 unspecified atom stereocenters. The van der Waals surface area contributed by atoms with Crippen molar-refractivity contribution in [2.75, 3.05) is 11.9 Å². The highest BCUT2D eigenvalue weighted by Gasteiger charge is 2.13. The molecule has 1 fully saturated rings. The summed E-state index contributed by atoms with van der Waals surface area (Å²) >= 11 is 1.70. The van der Waals surface area contributed by atoms with E-state index in [9.17, 15) is 4.79 Å². The predicted octanol–water partition coefficient (Wildman–Crippen LogP) is 6.36. The van der Waals surface area contributed by atoms with Gasteiger partial charge in [0.2, 0.25) is 0 Å². The largest absolute Gasteiger partial charge is 0.338 e. The minimum absolute atomic E-state index is 0.126. The first kappa shape index (κ1) is 18.9. The normalized spacial score (nSPS) is 14.9. The van der Waals surface area contributed by atoms with Crippen LogP contribution >= 0.6 is 11.3 Å². The van der Waals surface area contributed by atoms with Crippen LogP contribution < -0.4 is 10.6 Å². The Bertz CT molecular complexity index is 942. The Hall–Kier alpha value is -2.40. The van der Waals surface area contributed by atoms with Crippen LogP contribution in [-0.2, 0) is 0 Å². The number of carbonyl (C=O) groups is 1. The quantitative estimate of drug-likeness (QED) is 0.529. The SMILES string of the molecule is Cc1ccc2nc(-c3ccc(NC(=O)NCCC4CCCCC4)cc3)sc2c1. The van der Waals surface area contributed by atoms with Crippen molar-refractivity contribution in [3.63, 3.8) is 0 Å². The number of nitrogens with zero attached hydrogens (tertiary/aromatic N) is 1. The first-order chi connectivity index (χ1) is 13.7. The first-order valence-electron chi connectivity index (χ1n) is 10.2. The number of benzene rings is 2. The van der Waals surface area contributed by atoms with Crippen molar-refractivity contribution in [2.24, 2.45) is 5.92 Å². The zero-order chi connectivity index (χ0) is 19.3. The summed E-state index contributed by atoms with van der Waals surface area (Å²) < 4.78 is 1.20. The molecule has 2 aromatic carbocycles. The molecule has 0 saturated heterocycles. The van der Waals surface area contributed by atoms with Crippen molar-refractivity contribution in [1.82, 2.24) is 10.3 Å². The van der Waals surface area contributed by atoms with E-state index in [1.807, 2.05) is 24.3 Å². The molecule has 0 bridgehead atoms. The molecule has 5 heteroatoms. The second kappa shape index (κ2) is 8.74. The zero-order valence-corrected chi connectivity index (χ0v) is 17.1. The number of amides is 2. The summed E-state index contributed by atoms with van der Waals surface area (Å²) in [5, 5.41) is 6.92. The molecule has 1 heterocycles. The minimum atomic E-state index is -0.126. The maximum atomic E-state index is 12.1. The summed E-state index contributed by atoms with van der Waals surface area (Å²) in [6.45, 7) is 2.85. The number of anilines is 1. The number of aryl methyl sites for hydroxylation is 1. The summed E-state index contributed by atoms with van der Waals surface area (Å²) in [5.74, 6) is 0.783. The number of nitrogens with one attached hydrogen (secondary N) is 2. The van der Waals surface area contributed by atoms with Gasteiger partial charge in [-0.05, 0) is 61.2 Å². The molecular weight excluding hydrogens is 366 g/mol. The number of rotatable bonds is 5. The van der Waals surface area contributed by atoms with E-state index in [-0.39, 0.29) is 6.03 Å². The van der Waals surface area contributed by atoms with E-state index < -0.39 is 0 Å². The van der Waals surface area contributed by atoms with Crippen molar-refractivity contribution in [2.45, 2.75) is 45.4 Å². The van der Waals surface area contributed by atoms with E-state index in [0.717, 1.165) is 40.7 Å². The lowest BCUT2D eigenvalue weighted by Gasteiger charge is -2.21. The molecular formula is C23H27N3OS. The van der Waals surface area contributed by atoms with E-state index in [1.165, 1.54) is 42.4 Å². The number of carbonyl (C=O) groups excluding carboxylic acids is 1. The Balaban J connectivity index is 1.31. The molecule has 1 aromatic heterocycles. The zero-order valence-electron chi connectivity index (χ0n) is 16.3. The average Bonchev–Trinajstić information content (AvgIpc) is 3.12. The highest BCUT2D eigenvalue weighted by atomic mass is 32.1. The molecule has 0 atom stereocenters. The van der Waals surface area contributed by atoms with E-state index in [1.54, 1.807) is 11.3 Å². The van der Waals surface area contributed by atoms with Crippen LogP contribution in [0.3, 0.4) is 0 Å². The van der Waals surface area contributed by atoms with Crippen molar-refractivity contribution in [3.05, 3.63) is 48.0 Å². The maximum absolute atomic E-state index is 12.1. The Morgan fingerprint density at radius 3 is 2.68 bits per heavy atom. The summed E-state index contributed by atoms with van der Waals surface area (Å²) in [4.78, 5) is 16.8. The minimum Gasteiger partial charge on any atom is -0.338 e. The number of thiazole rings is 1. The van der Waals surface area contributed by atoms with Crippen LogP contribution in [0.2, 0.25) is 0 Å². The molecule has 1 aliphatic carbocycles. The van der Waals surface area contributed by atoms with Gasteiger partial charge in [0, 0.05) is 17.8 Å². The Morgan fingerprint density at radius 2 is 1.89 bits per heavy atom. The molecule has 3 aromatic rings. The molecule has 0 radical (unpaired) electrons. The third-order valence-electron chi connectivity index (χ3n) is 5.50. The Kier molecular flexibility index (Phi) is 5.91. The maximum Gasteiger partial charge on any atom is 0.319 e. The van der Waals surface area contributed by atoms with E-state index >= 15 is 0 Å². The van der Waals surface area contributed by atoms with E-state index in [2.05, 4.69) is 35.8 Å². The lowest BCUT2D eigenvalue weighted by Crippen LogP contribution is -2.30. The summed E-state index contributed by atoms with van der Waals surface area (Å²) in [7, 11) is 0. The average molecular weight is 394 g/mol. The molecule has 0 aliphatic heterocycles. The molecule has 28 heavy (non-hydrogen) atoms. The number of fused-ring (bicyclic) bond motifs is 1.